The van der Waals surface area contributed by atoms with Crippen LogP contribution in [0.5, 0.6) is 0 Å². The average Bonchev–Trinajstić information content (AvgIpc) is 2.51. The topological polar surface area (TPSA) is 84.1 Å². The minimum atomic E-state index is -0.607. The molecule has 0 bridgehead atoms. The molecule has 0 radical (unpaired) electrons. The maximum Gasteiger partial charge on any atom is 0.222 e. The fourth-order valence-corrected chi connectivity index (χ4v) is 2.50. The number of aryl methyl sites for hydroxylation is 1. The molecule has 1 aliphatic rings. The smallest absolute Gasteiger partial charge is 0.222 e. The van der Waals surface area contributed by atoms with Gasteiger partial charge in [-0.3, -0.25) is 0 Å². The Labute approximate surface area is 108 Å². The number of rotatable bonds is 3. The van der Waals surface area contributed by atoms with Gasteiger partial charge in [0.1, 0.15) is 5.82 Å². The van der Waals surface area contributed by atoms with E-state index in [1.807, 2.05) is 13.0 Å². The third-order valence-electron chi connectivity index (χ3n) is 3.50. The highest BCUT2D eigenvalue weighted by molar-refractivity contribution is 5.40. The normalized spacial score (nSPS) is 19.2. The van der Waals surface area contributed by atoms with Crippen molar-refractivity contribution in [1.29, 1.82) is 0 Å². The Morgan fingerprint density at radius 1 is 1.28 bits per heavy atom. The number of aliphatic hydroxyl groups is 1. The van der Waals surface area contributed by atoms with Crippen molar-refractivity contribution < 1.29 is 5.11 Å². The number of nitrogens with one attached hydrogen (secondary N) is 1. The molecule has 0 atom stereocenters. The van der Waals surface area contributed by atoms with Crippen LogP contribution in [0.2, 0.25) is 0 Å². The summed E-state index contributed by atoms with van der Waals surface area (Å²) in [5, 5.41) is 13.7. The summed E-state index contributed by atoms with van der Waals surface area (Å²) in [4.78, 5) is 8.14. The minimum absolute atomic E-state index is 0.269. The van der Waals surface area contributed by atoms with Crippen LogP contribution in [0.3, 0.4) is 0 Å². The predicted molar refractivity (Wildman–Crippen MR) is 72.3 cm³/mol. The summed E-state index contributed by atoms with van der Waals surface area (Å²) in [5.74, 6) is 0.961. The second-order valence-electron chi connectivity index (χ2n) is 5.24. The van der Waals surface area contributed by atoms with E-state index >= 15 is 0 Å². The fraction of sp³-hybridized carbons (Fsp3) is 0.692. The van der Waals surface area contributed by atoms with Gasteiger partial charge in [0.05, 0.1) is 5.60 Å². The van der Waals surface area contributed by atoms with Crippen molar-refractivity contribution >= 4 is 11.8 Å². The van der Waals surface area contributed by atoms with Crippen LogP contribution in [0.1, 0.15) is 44.2 Å². The van der Waals surface area contributed by atoms with Gasteiger partial charge in [0.25, 0.3) is 0 Å². The summed E-state index contributed by atoms with van der Waals surface area (Å²) < 4.78 is 0. The van der Waals surface area contributed by atoms with Gasteiger partial charge < -0.3 is 16.2 Å². The van der Waals surface area contributed by atoms with Crippen molar-refractivity contribution in [1.82, 2.24) is 9.97 Å². The Kier molecular flexibility index (Phi) is 4.01. The Morgan fingerprint density at radius 3 is 2.56 bits per heavy atom. The zero-order valence-corrected chi connectivity index (χ0v) is 10.9. The zero-order chi connectivity index (χ0) is 13.0. The molecule has 1 aromatic rings. The van der Waals surface area contributed by atoms with E-state index in [2.05, 4.69) is 15.3 Å². The van der Waals surface area contributed by atoms with Crippen LogP contribution in [0, 0.1) is 6.92 Å². The van der Waals surface area contributed by atoms with E-state index in [0.29, 0.717) is 12.4 Å². The van der Waals surface area contributed by atoms with Crippen molar-refractivity contribution in [2.45, 2.75) is 51.0 Å². The molecule has 1 fully saturated rings. The van der Waals surface area contributed by atoms with Crippen LogP contribution >= 0.6 is 0 Å². The molecule has 2 rings (SSSR count). The molecule has 5 nitrogen and oxygen atoms in total. The number of aromatic nitrogens is 2. The Balaban J connectivity index is 1.97. The number of nitrogens with two attached hydrogens (primary N) is 1. The molecular weight excluding hydrogens is 228 g/mol. The molecule has 0 aliphatic heterocycles. The van der Waals surface area contributed by atoms with E-state index in [4.69, 9.17) is 5.73 Å². The quantitative estimate of drug-likeness (QED) is 0.713. The first-order valence-electron chi connectivity index (χ1n) is 6.65. The lowest BCUT2D eigenvalue weighted by molar-refractivity contribution is 0.0380. The molecule has 0 aromatic carbocycles. The van der Waals surface area contributed by atoms with E-state index in [9.17, 15) is 5.11 Å². The molecule has 5 heteroatoms. The molecule has 1 aromatic heterocycles. The lowest BCUT2D eigenvalue weighted by Crippen LogP contribution is -2.36. The highest BCUT2D eigenvalue weighted by Crippen LogP contribution is 2.27. The second-order valence-corrected chi connectivity index (χ2v) is 5.24. The van der Waals surface area contributed by atoms with Gasteiger partial charge in [-0.15, -0.1) is 0 Å². The van der Waals surface area contributed by atoms with Gasteiger partial charge in [-0.25, -0.2) is 4.98 Å². The molecule has 4 N–H and O–H groups in total. The first-order valence-corrected chi connectivity index (χ1v) is 6.65. The number of hydrogen-bond donors (Lipinski definition) is 3. The van der Waals surface area contributed by atoms with Crippen LogP contribution in [-0.2, 0) is 0 Å². The van der Waals surface area contributed by atoms with Crippen molar-refractivity contribution in [3.05, 3.63) is 11.8 Å². The Bertz CT molecular complexity index is 380. The van der Waals surface area contributed by atoms with Gasteiger partial charge in [0.2, 0.25) is 5.95 Å². The Morgan fingerprint density at radius 2 is 1.94 bits per heavy atom. The van der Waals surface area contributed by atoms with Gasteiger partial charge in [0, 0.05) is 18.3 Å². The number of anilines is 2. The molecule has 0 spiro atoms. The fourth-order valence-electron chi connectivity index (χ4n) is 2.50. The first kappa shape index (κ1) is 13.1. The number of nitrogen functional groups attached to an aromatic ring is 1. The van der Waals surface area contributed by atoms with Crippen molar-refractivity contribution in [3.8, 4) is 0 Å². The van der Waals surface area contributed by atoms with Gasteiger partial charge >= 0.3 is 0 Å². The van der Waals surface area contributed by atoms with Crippen molar-refractivity contribution in [2.24, 2.45) is 0 Å². The van der Waals surface area contributed by atoms with E-state index in [1.165, 1.54) is 12.8 Å². The van der Waals surface area contributed by atoms with Crippen LogP contribution in [-0.4, -0.2) is 27.2 Å². The molecule has 0 unspecified atom stereocenters. The van der Waals surface area contributed by atoms with Gasteiger partial charge in [-0.2, -0.15) is 4.98 Å². The summed E-state index contributed by atoms with van der Waals surface area (Å²) in [7, 11) is 0. The van der Waals surface area contributed by atoms with E-state index in [0.717, 1.165) is 31.4 Å². The molecule has 1 heterocycles. The minimum Gasteiger partial charge on any atom is -0.388 e. The molecule has 1 aliphatic carbocycles. The third-order valence-corrected chi connectivity index (χ3v) is 3.50. The highest BCUT2D eigenvalue weighted by atomic mass is 16.3. The van der Waals surface area contributed by atoms with Crippen LogP contribution in [0.4, 0.5) is 11.8 Å². The lowest BCUT2D eigenvalue weighted by atomic mass is 9.94. The summed E-state index contributed by atoms with van der Waals surface area (Å²) in [6.45, 7) is 2.41. The molecule has 0 saturated heterocycles. The standard InChI is InChI=1S/C13H22N4O/c1-10-8-11(17-12(14)16-10)15-9-13(18)6-4-2-3-5-7-13/h8,18H,2-7,9H2,1H3,(H3,14,15,16,17). The van der Waals surface area contributed by atoms with Gasteiger partial charge in [-0.1, -0.05) is 25.7 Å². The summed E-state index contributed by atoms with van der Waals surface area (Å²) >= 11 is 0. The van der Waals surface area contributed by atoms with Crippen LogP contribution < -0.4 is 11.1 Å². The monoisotopic (exact) mass is 250 g/mol. The van der Waals surface area contributed by atoms with Crippen molar-refractivity contribution in [3.63, 3.8) is 0 Å². The highest BCUT2D eigenvalue weighted by Gasteiger charge is 2.27. The largest absolute Gasteiger partial charge is 0.388 e. The lowest BCUT2D eigenvalue weighted by Gasteiger charge is -2.27. The Hall–Kier alpha value is -1.36. The van der Waals surface area contributed by atoms with Gasteiger partial charge in [-0.05, 0) is 19.8 Å². The van der Waals surface area contributed by atoms with E-state index in [-0.39, 0.29) is 5.95 Å². The van der Waals surface area contributed by atoms with E-state index < -0.39 is 5.60 Å². The van der Waals surface area contributed by atoms with Gasteiger partial charge in [0.15, 0.2) is 0 Å². The first-order chi connectivity index (χ1) is 8.57. The summed E-state index contributed by atoms with van der Waals surface area (Å²) in [5.41, 5.74) is 5.83. The molecule has 1 saturated carbocycles. The molecule has 18 heavy (non-hydrogen) atoms. The summed E-state index contributed by atoms with van der Waals surface area (Å²) in [6.07, 6.45) is 6.37. The third kappa shape index (κ3) is 3.57. The molecule has 100 valence electrons. The number of nitrogens with zero attached hydrogens (tertiary/aromatic N) is 2. The molecule has 0 amide bonds. The average molecular weight is 250 g/mol. The van der Waals surface area contributed by atoms with E-state index in [1.54, 1.807) is 0 Å². The summed E-state index contributed by atoms with van der Waals surface area (Å²) in [6, 6.07) is 1.84. The number of hydrogen-bond acceptors (Lipinski definition) is 5. The van der Waals surface area contributed by atoms with Crippen molar-refractivity contribution in [2.75, 3.05) is 17.6 Å². The van der Waals surface area contributed by atoms with Crippen LogP contribution in [0.15, 0.2) is 6.07 Å². The maximum atomic E-state index is 10.5. The SMILES string of the molecule is Cc1cc(NCC2(O)CCCCCC2)nc(N)n1. The molecular formula is C13H22N4O. The van der Waals surface area contributed by atoms with Crippen LogP contribution in [0.25, 0.3) is 0 Å². The maximum absolute atomic E-state index is 10.5. The predicted octanol–water partition coefficient (Wildman–Crippen LogP) is 1.86. The zero-order valence-electron chi connectivity index (χ0n) is 10.9. The second kappa shape index (κ2) is 5.52.